The molecule has 0 radical (unpaired) electrons. The highest BCUT2D eigenvalue weighted by atomic mass is 19.1. The van der Waals surface area contributed by atoms with Crippen LogP contribution >= 0.6 is 0 Å². The zero-order chi connectivity index (χ0) is 26.1. The van der Waals surface area contributed by atoms with E-state index in [1.54, 1.807) is 30.3 Å². The third kappa shape index (κ3) is 5.49. The minimum Gasteiger partial charge on any atom is -0.493 e. The predicted molar refractivity (Wildman–Crippen MR) is 122 cm³/mol. The number of carbonyl (C=O) groups excluding carboxylic acids is 1. The molecule has 37 heavy (non-hydrogen) atoms. The van der Waals surface area contributed by atoms with Gasteiger partial charge in [-0.2, -0.15) is 0 Å². The van der Waals surface area contributed by atoms with E-state index in [0.717, 1.165) is 5.56 Å². The summed E-state index contributed by atoms with van der Waals surface area (Å²) in [5.74, 6) is 0.190. The van der Waals surface area contributed by atoms with Crippen molar-refractivity contribution < 1.29 is 53.4 Å². The number of hydrogen-bond acceptors (Lipinski definition) is 11. The van der Waals surface area contributed by atoms with E-state index in [9.17, 15) is 29.6 Å². The average Bonchev–Trinajstić information content (AvgIpc) is 3.37. The Balaban J connectivity index is 1.27. The molecule has 3 aliphatic rings. The van der Waals surface area contributed by atoms with Crippen molar-refractivity contribution in [2.45, 2.75) is 43.0 Å². The molecule has 2 saturated heterocycles. The van der Waals surface area contributed by atoms with Crippen LogP contribution in [0.25, 0.3) is 0 Å². The van der Waals surface area contributed by atoms with Crippen molar-refractivity contribution in [3.8, 4) is 17.2 Å². The summed E-state index contributed by atoms with van der Waals surface area (Å²) in [6.07, 6.45) is -8.33. The highest BCUT2D eigenvalue weighted by molar-refractivity contribution is 5.75. The lowest BCUT2D eigenvalue weighted by Gasteiger charge is -2.40. The maximum Gasteiger partial charge on any atom is 0.357 e. The Morgan fingerprint density at radius 1 is 1.00 bits per heavy atom. The number of halogens is 1. The van der Waals surface area contributed by atoms with Crippen LogP contribution in [0.15, 0.2) is 42.5 Å². The van der Waals surface area contributed by atoms with Crippen LogP contribution in [0.2, 0.25) is 0 Å². The lowest BCUT2D eigenvalue weighted by molar-refractivity contribution is -0.290. The SMILES string of the molecule is O=C(ON1CC[C@@H](c2ccc(F)cc2)[C@H](COc2ccc3c(c2)OCO3)C1)C1OC(O)C(O)C(O)C1O. The van der Waals surface area contributed by atoms with Crippen LogP contribution < -0.4 is 14.2 Å². The number of carbonyl (C=O) groups is 1. The number of ether oxygens (including phenoxy) is 4. The van der Waals surface area contributed by atoms with Crippen molar-refractivity contribution in [3.05, 3.63) is 53.8 Å². The molecule has 2 aromatic rings. The first-order chi connectivity index (χ1) is 17.8. The molecule has 12 heteroatoms. The number of benzene rings is 2. The molecule has 200 valence electrons. The first kappa shape index (κ1) is 25.6. The molecule has 2 fully saturated rings. The van der Waals surface area contributed by atoms with Crippen LogP contribution in [0.1, 0.15) is 17.9 Å². The van der Waals surface area contributed by atoms with Gasteiger partial charge in [0, 0.05) is 25.1 Å². The summed E-state index contributed by atoms with van der Waals surface area (Å²) in [5.41, 5.74) is 0.915. The van der Waals surface area contributed by atoms with Crippen LogP contribution in [-0.4, -0.2) is 88.7 Å². The van der Waals surface area contributed by atoms with Crippen LogP contribution in [0, 0.1) is 11.7 Å². The molecule has 0 aromatic heterocycles. The molecule has 3 aliphatic heterocycles. The summed E-state index contributed by atoms with van der Waals surface area (Å²) in [4.78, 5) is 18.1. The third-order valence-electron chi connectivity index (χ3n) is 6.84. The number of rotatable bonds is 6. The van der Waals surface area contributed by atoms with Gasteiger partial charge in [0.1, 0.15) is 29.9 Å². The molecule has 7 atom stereocenters. The summed E-state index contributed by atoms with van der Waals surface area (Å²) in [5, 5.41) is 40.8. The molecular weight excluding hydrogens is 493 g/mol. The minimum atomic E-state index is -1.86. The molecule has 0 spiro atoms. The molecule has 5 rings (SSSR count). The fourth-order valence-corrected chi connectivity index (χ4v) is 4.80. The van der Waals surface area contributed by atoms with Gasteiger partial charge in [0.2, 0.25) is 6.79 Å². The second kappa shape index (κ2) is 10.8. The molecule has 11 nitrogen and oxygen atoms in total. The van der Waals surface area contributed by atoms with E-state index in [0.29, 0.717) is 30.2 Å². The third-order valence-corrected chi connectivity index (χ3v) is 6.84. The zero-order valence-electron chi connectivity index (χ0n) is 19.7. The first-order valence-corrected chi connectivity index (χ1v) is 11.9. The summed E-state index contributed by atoms with van der Waals surface area (Å²) in [6, 6.07) is 11.5. The van der Waals surface area contributed by atoms with E-state index in [1.165, 1.54) is 17.2 Å². The smallest absolute Gasteiger partial charge is 0.357 e. The molecule has 0 amide bonds. The molecule has 0 bridgehead atoms. The second-order valence-corrected chi connectivity index (χ2v) is 9.25. The van der Waals surface area contributed by atoms with E-state index in [1.807, 2.05) is 0 Å². The minimum absolute atomic E-state index is 0.0279. The Morgan fingerprint density at radius 3 is 2.54 bits per heavy atom. The number of fused-ring (bicyclic) bond motifs is 1. The fraction of sp³-hybridized carbons (Fsp3) is 0.480. The summed E-state index contributed by atoms with van der Waals surface area (Å²) < 4.78 is 35.2. The van der Waals surface area contributed by atoms with Crippen LogP contribution in [0.5, 0.6) is 17.2 Å². The Morgan fingerprint density at radius 2 is 1.76 bits per heavy atom. The monoisotopic (exact) mass is 521 g/mol. The van der Waals surface area contributed by atoms with Gasteiger partial charge in [0.15, 0.2) is 23.9 Å². The Labute approximate surface area is 211 Å². The summed E-state index contributed by atoms with van der Waals surface area (Å²) >= 11 is 0. The van der Waals surface area contributed by atoms with Gasteiger partial charge in [-0.15, -0.1) is 5.06 Å². The molecular formula is C25H28FNO10. The van der Waals surface area contributed by atoms with Gasteiger partial charge in [-0.25, -0.2) is 9.18 Å². The van der Waals surface area contributed by atoms with E-state index in [4.69, 9.17) is 23.8 Å². The zero-order valence-corrected chi connectivity index (χ0v) is 19.7. The van der Waals surface area contributed by atoms with Gasteiger partial charge in [0.25, 0.3) is 0 Å². The fourth-order valence-electron chi connectivity index (χ4n) is 4.80. The van der Waals surface area contributed by atoms with Gasteiger partial charge < -0.3 is 44.2 Å². The number of hydrogen-bond donors (Lipinski definition) is 4. The number of piperidine rings is 1. The topological polar surface area (TPSA) is 147 Å². The van der Waals surface area contributed by atoms with Gasteiger partial charge in [-0.3, -0.25) is 0 Å². The van der Waals surface area contributed by atoms with E-state index >= 15 is 0 Å². The summed E-state index contributed by atoms with van der Waals surface area (Å²) in [6.45, 7) is 0.947. The van der Waals surface area contributed by atoms with Crippen molar-refractivity contribution in [2.75, 3.05) is 26.5 Å². The largest absolute Gasteiger partial charge is 0.493 e. The van der Waals surface area contributed by atoms with Crippen LogP contribution in [-0.2, 0) is 14.4 Å². The lowest BCUT2D eigenvalue weighted by Crippen LogP contribution is -2.60. The number of aliphatic hydroxyl groups is 4. The first-order valence-electron chi connectivity index (χ1n) is 11.9. The highest BCUT2D eigenvalue weighted by Crippen LogP contribution is 2.37. The second-order valence-electron chi connectivity index (χ2n) is 9.25. The average molecular weight is 521 g/mol. The van der Waals surface area contributed by atoms with Gasteiger partial charge in [-0.05, 0) is 42.2 Å². The Kier molecular flexibility index (Phi) is 7.47. The summed E-state index contributed by atoms with van der Waals surface area (Å²) in [7, 11) is 0. The molecule has 0 aliphatic carbocycles. The van der Waals surface area contributed by atoms with Crippen molar-refractivity contribution in [1.29, 1.82) is 0 Å². The van der Waals surface area contributed by atoms with Gasteiger partial charge >= 0.3 is 5.97 Å². The lowest BCUT2D eigenvalue weighted by atomic mass is 9.81. The Hall–Kier alpha value is -3.00. The number of aliphatic hydroxyl groups excluding tert-OH is 4. The molecule has 4 N–H and O–H groups in total. The maximum absolute atomic E-state index is 13.5. The van der Waals surface area contributed by atoms with Crippen molar-refractivity contribution in [2.24, 2.45) is 5.92 Å². The van der Waals surface area contributed by atoms with Crippen molar-refractivity contribution in [1.82, 2.24) is 5.06 Å². The molecule has 2 aromatic carbocycles. The van der Waals surface area contributed by atoms with E-state index < -0.39 is 36.7 Å². The number of hydroxylamine groups is 2. The van der Waals surface area contributed by atoms with E-state index in [2.05, 4.69) is 0 Å². The molecule has 3 heterocycles. The quantitative estimate of drug-likeness (QED) is 0.416. The standard InChI is InChI=1S/C25H28FNO10/c26-15-3-1-13(2-4-15)17-7-8-27(37-25(32)23-21(29)20(28)22(30)24(31)36-23)10-14(17)11-33-16-5-6-18-19(9-16)35-12-34-18/h1-6,9,14,17,20-24,28-31H,7-8,10-12H2/t14-,17-,20?,21?,22?,23?,24?/m0/s1. The Bertz CT molecular complexity index is 1100. The number of nitrogens with zero attached hydrogens (tertiary/aromatic N) is 1. The van der Waals surface area contributed by atoms with E-state index in [-0.39, 0.29) is 37.6 Å². The normalized spacial score (nSPS) is 31.6. The predicted octanol–water partition coefficient (Wildman–Crippen LogP) is 0.297. The molecule has 0 saturated carbocycles. The van der Waals surface area contributed by atoms with Crippen molar-refractivity contribution >= 4 is 5.97 Å². The van der Waals surface area contributed by atoms with Crippen LogP contribution in [0.3, 0.4) is 0 Å². The maximum atomic E-state index is 13.5. The van der Waals surface area contributed by atoms with Gasteiger partial charge in [0.05, 0.1) is 6.61 Å². The molecule has 5 unspecified atom stereocenters. The van der Waals surface area contributed by atoms with Crippen LogP contribution in [0.4, 0.5) is 4.39 Å². The highest BCUT2D eigenvalue weighted by Gasteiger charge is 2.48. The van der Waals surface area contributed by atoms with Crippen molar-refractivity contribution in [3.63, 3.8) is 0 Å². The van der Waals surface area contributed by atoms with Gasteiger partial charge in [-0.1, -0.05) is 12.1 Å².